The lowest BCUT2D eigenvalue weighted by molar-refractivity contribution is 0.394. The molecule has 3 aromatic rings. The summed E-state index contributed by atoms with van der Waals surface area (Å²) in [6, 6.07) is 24.8. The summed E-state index contributed by atoms with van der Waals surface area (Å²) in [6.45, 7) is 30.9. The minimum atomic E-state index is -0.0772. The Bertz CT molecular complexity index is 2230. The number of terminal acetylenes is 1. The molecule has 0 saturated carbocycles. The van der Waals surface area contributed by atoms with E-state index in [1.54, 1.807) is 11.1 Å². The van der Waals surface area contributed by atoms with E-state index in [0.717, 1.165) is 32.1 Å². The lowest BCUT2D eigenvalue weighted by Gasteiger charge is -2.39. The van der Waals surface area contributed by atoms with Crippen LogP contribution in [0.1, 0.15) is 153 Å². The van der Waals surface area contributed by atoms with Gasteiger partial charge in [0.15, 0.2) is 0 Å². The Morgan fingerprint density at radius 2 is 1.55 bits per heavy atom. The second-order valence-corrected chi connectivity index (χ2v) is 18.0. The van der Waals surface area contributed by atoms with Gasteiger partial charge in [0, 0.05) is 5.92 Å². The molecule has 0 heterocycles. The van der Waals surface area contributed by atoms with Crippen LogP contribution in [0.4, 0.5) is 0 Å². The largest absolute Gasteiger partial charge is 0.124 e. The van der Waals surface area contributed by atoms with E-state index in [0.29, 0.717) is 11.8 Å². The standard InChI is InChI=1S/C23H24.C17H24.C16H18.C2H6.C2H2/c1-16(2)23(18-11-5-4-6-12-18)20-14-8-7-13-19(20)22-17(3)10-9-15-21(22)23;1-6-8-9-14(7-2)15-10-12-16(13-11-15)17(3,4)5;1-11-8-9-13-12-6-4-5-7-14(12)16(2,3)15(13)10-11;2*1-2/h4-5,7-8,10-11,13-14H,1,6,9,12,15H2,2-3H3;7-13H,6H2,1-5H3;4-10,12,14H,1-3H3;1-2H3;1-2H/b;9-8-,14-7+;;;. The molecule has 0 amide bonds. The van der Waals surface area contributed by atoms with Gasteiger partial charge in [-0.1, -0.05) is 212 Å². The van der Waals surface area contributed by atoms with Gasteiger partial charge in [0.25, 0.3) is 0 Å². The molecule has 0 nitrogen and oxygen atoms in total. The van der Waals surface area contributed by atoms with Gasteiger partial charge in [0.05, 0.1) is 5.41 Å². The highest BCUT2D eigenvalue weighted by Crippen LogP contribution is 2.59. The van der Waals surface area contributed by atoms with Gasteiger partial charge < -0.3 is 0 Å². The van der Waals surface area contributed by atoms with E-state index in [4.69, 9.17) is 0 Å². The first kappa shape index (κ1) is 47.6. The minimum absolute atomic E-state index is 0.0772. The Morgan fingerprint density at radius 3 is 2.17 bits per heavy atom. The van der Waals surface area contributed by atoms with Crippen molar-refractivity contribution in [1.82, 2.24) is 0 Å². The van der Waals surface area contributed by atoms with Crippen LogP contribution in [0, 0.1) is 25.7 Å². The number of hydrogen-bond acceptors (Lipinski definition) is 0. The van der Waals surface area contributed by atoms with Gasteiger partial charge in [-0.15, -0.1) is 12.8 Å². The summed E-state index contributed by atoms with van der Waals surface area (Å²) in [6.07, 6.45) is 38.6. The third-order valence-electron chi connectivity index (χ3n) is 12.9. The third-order valence-corrected chi connectivity index (χ3v) is 12.9. The summed E-state index contributed by atoms with van der Waals surface area (Å²) >= 11 is 0. The maximum absolute atomic E-state index is 4.48. The quantitative estimate of drug-likeness (QED) is 0.137. The summed E-state index contributed by atoms with van der Waals surface area (Å²) in [5.41, 5.74) is 19.0. The zero-order chi connectivity index (χ0) is 44.3. The van der Waals surface area contributed by atoms with Crippen molar-refractivity contribution >= 4 is 11.1 Å². The van der Waals surface area contributed by atoms with Gasteiger partial charge in [-0.3, -0.25) is 0 Å². The van der Waals surface area contributed by atoms with Gasteiger partial charge in [0.2, 0.25) is 0 Å². The molecule has 0 fully saturated rings. The average molecular weight is 795 g/mol. The van der Waals surface area contributed by atoms with E-state index in [1.165, 1.54) is 61.2 Å². The molecular formula is C60H74. The molecule has 0 N–H and O–H groups in total. The second-order valence-electron chi connectivity index (χ2n) is 18.0. The van der Waals surface area contributed by atoms with Gasteiger partial charge in [-0.05, 0) is 132 Å². The third kappa shape index (κ3) is 9.58. The van der Waals surface area contributed by atoms with E-state index in [2.05, 4.69) is 222 Å². The SMILES string of the molecule is C#C.C/C=C(\C=C/CC)c1ccc(C(C)(C)C)cc1.C=C(C)C1(C2=CC=CCC2)C2=C(C(C)=CCC2)c2ccccc21.CC.Cc1ccc2c(c1)C(C)(C)C1C=CC=CC21. The van der Waals surface area contributed by atoms with Crippen LogP contribution < -0.4 is 0 Å². The van der Waals surface area contributed by atoms with Crippen molar-refractivity contribution in [3.8, 4) is 12.8 Å². The molecule has 0 saturated heterocycles. The normalized spacial score (nSPS) is 21.5. The lowest BCUT2D eigenvalue weighted by atomic mass is 9.63. The zero-order valence-corrected chi connectivity index (χ0v) is 39.3. The van der Waals surface area contributed by atoms with E-state index in [1.807, 2.05) is 13.8 Å². The molecule has 3 aromatic carbocycles. The fourth-order valence-corrected chi connectivity index (χ4v) is 9.94. The molecule has 0 heteroatoms. The van der Waals surface area contributed by atoms with Crippen LogP contribution in [-0.4, -0.2) is 0 Å². The fourth-order valence-electron chi connectivity index (χ4n) is 9.94. The highest BCUT2D eigenvalue weighted by atomic mass is 14.5. The Labute approximate surface area is 367 Å². The van der Waals surface area contributed by atoms with Crippen LogP contribution in [0.3, 0.4) is 0 Å². The fraction of sp³-hybridized carbons (Fsp3) is 0.367. The Balaban J connectivity index is 0.000000194. The van der Waals surface area contributed by atoms with Crippen molar-refractivity contribution in [3.05, 3.63) is 201 Å². The number of allylic oxidation sites excluding steroid dienone is 17. The predicted molar refractivity (Wildman–Crippen MR) is 267 cm³/mol. The van der Waals surface area contributed by atoms with Crippen molar-refractivity contribution in [2.24, 2.45) is 5.92 Å². The molecule has 3 atom stereocenters. The number of hydrogen-bond donors (Lipinski definition) is 0. The van der Waals surface area contributed by atoms with Crippen LogP contribution >= 0.6 is 0 Å². The van der Waals surface area contributed by atoms with E-state index in [9.17, 15) is 0 Å². The van der Waals surface area contributed by atoms with Gasteiger partial charge in [-0.2, -0.15) is 0 Å². The smallest absolute Gasteiger partial charge is 0.0594 e. The molecule has 8 rings (SSSR count). The van der Waals surface area contributed by atoms with Crippen LogP contribution in [0.5, 0.6) is 0 Å². The maximum atomic E-state index is 4.48. The average Bonchev–Trinajstić information content (AvgIpc) is 3.70. The van der Waals surface area contributed by atoms with Crippen LogP contribution in [0.15, 0.2) is 162 Å². The maximum Gasteiger partial charge on any atom is 0.0594 e. The van der Waals surface area contributed by atoms with Crippen molar-refractivity contribution in [1.29, 1.82) is 0 Å². The summed E-state index contributed by atoms with van der Waals surface area (Å²) in [7, 11) is 0. The first-order chi connectivity index (χ1) is 28.8. The summed E-state index contributed by atoms with van der Waals surface area (Å²) in [4.78, 5) is 0. The highest BCUT2D eigenvalue weighted by molar-refractivity contribution is 5.93. The molecule has 314 valence electrons. The van der Waals surface area contributed by atoms with Crippen molar-refractivity contribution in [3.63, 3.8) is 0 Å². The summed E-state index contributed by atoms with van der Waals surface area (Å²) in [5, 5.41) is 0. The Kier molecular flexibility index (Phi) is 16.6. The van der Waals surface area contributed by atoms with Gasteiger partial charge >= 0.3 is 0 Å². The molecular weight excluding hydrogens is 721 g/mol. The van der Waals surface area contributed by atoms with E-state index >= 15 is 0 Å². The molecule has 0 bridgehead atoms. The zero-order valence-electron chi connectivity index (χ0n) is 39.3. The molecule has 0 aliphatic heterocycles. The molecule has 3 unspecified atom stereocenters. The summed E-state index contributed by atoms with van der Waals surface area (Å²) in [5.74, 6) is 1.23. The molecule has 0 aromatic heterocycles. The first-order valence-electron chi connectivity index (χ1n) is 22.5. The lowest BCUT2D eigenvalue weighted by Crippen LogP contribution is -2.31. The highest BCUT2D eigenvalue weighted by Gasteiger charge is 2.48. The molecule has 0 spiro atoms. The topological polar surface area (TPSA) is 0 Å². The monoisotopic (exact) mass is 795 g/mol. The molecule has 5 aliphatic rings. The number of aryl methyl sites for hydroxylation is 1. The van der Waals surface area contributed by atoms with Crippen molar-refractivity contribution in [2.45, 2.75) is 137 Å². The molecule has 0 radical (unpaired) electrons. The predicted octanol–water partition coefficient (Wildman–Crippen LogP) is 17.0. The van der Waals surface area contributed by atoms with Crippen LogP contribution in [-0.2, 0) is 16.2 Å². The van der Waals surface area contributed by atoms with Gasteiger partial charge in [0.1, 0.15) is 0 Å². The first-order valence-corrected chi connectivity index (χ1v) is 22.5. The van der Waals surface area contributed by atoms with Crippen LogP contribution in [0.2, 0.25) is 0 Å². The Morgan fingerprint density at radius 1 is 0.867 bits per heavy atom. The van der Waals surface area contributed by atoms with Crippen molar-refractivity contribution in [2.75, 3.05) is 0 Å². The van der Waals surface area contributed by atoms with Crippen LogP contribution in [0.25, 0.3) is 11.1 Å². The van der Waals surface area contributed by atoms with Crippen molar-refractivity contribution < 1.29 is 0 Å². The molecule has 60 heavy (non-hydrogen) atoms. The summed E-state index contributed by atoms with van der Waals surface area (Å²) < 4.78 is 0. The molecule has 5 aliphatic carbocycles. The van der Waals surface area contributed by atoms with E-state index < -0.39 is 0 Å². The Hall–Kier alpha value is -5.12. The minimum Gasteiger partial charge on any atom is -0.124 e. The second kappa shape index (κ2) is 20.9. The van der Waals surface area contributed by atoms with E-state index in [-0.39, 0.29) is 16.2 Å². The number of fused-ring (bicyclic) bond motifs is 5. The number of benzene rings is 3. The van der Waals surface area contributed by atoms with Gasteiger partial charge in [-0.25, -0.2) is 0 Å². The number of rotatable bonds is 5.